The summed E-state index contributed by atoms with van der Waals surface area (Å²) in [6.45, 7) is 6.57. The van der Waals surface area contributed by atoms with Crippen molar-refractivity contribution < 1.29 is 5.11 Å². The van der Waals surface area contributed by atoms with Crippen LogP contribution in [0.25, 0.3) is 0 Å². The predicted molar refractivity (Wildman–Crippen MR) is 71.4 cm³/mol. The van der Waals surface area contributed by atoms with E-state index in [-0.39, 0.29) is 5.56 Å². The first kappa shape index (κ1) is 14.2. The van der Waals surface area contributed by atoms with Crippen LogP contribution in [0.1, 0.15) is 20.8 Å². The molecule has 0 saturated heterocycles. The van der Waals surface area contributed by atoms with Gasteiger partial charge in [0.2, 0.25) is 0 Å². The third-order valence-electron chi connectivity index (χ3n) is 2.36. The molecule has 5 nitrogen and oxygen atoms in total. The molecule has 0 saturated carbocycles. The third kappa shape index (κ3) is 3.54. The normalized spacial score (nSPS) is 11.6. The van der Waals surface area contributed by atoms with Crippen molar-refractivity contribution in [3.63, 3.8) is 0 Å². The van der Waals surface area contributed by atoms with E-state index in [2.05, 4.69) is 21.0 Å². The fourth-order valence-corrected chi connectivity index (χ4v) is 2.17. The van der Waals surface area contributed by atoms with Crippen LogP contribution < -0.4 is 10.5 Å². The number of rotatable bonds is 4. The van der Waals surface area contributed by atoms with Crippen molar-refractivity contribution in [1.29, 1.82) is 0 Å². The minimum absolute atomic E-state index is 0.184. The van der Waals surface area contributed by atoms with Gasteiger partial charge < -0.3 is 10.0 Å². The van der Waals surface area contributed by atoms with Crippen LogP contribution in [-0.4, -0.2) is 33.6 Å². The largest absolute Gasteiger partial charge is 0.389 e. The van der Waals surface area contributed by atoms with Gasteiger partial charge in [-0.2, -0.15) is 5.10 Å². The Morgan fingerprint density at radius 2 is 2.18 bits per heavy atom. The summed E-state index contributed by atoms with van der Waals surface area (Å²) in [6.07, 6.45) is 1.63. The first-order valence-corrected chi connectivity index (χ1v) is 6.24. The lowest BCUT2D eigenvalue weighted by molar-refractivity contribution is 0.0875. The summed E-state index contributed by atoms with van der Waals surface area (Å²) in [5.74, 6) is 0. The molecule has 1 aromatic rings. The molecule has 0 atom stereocenters. The number of nitrogens with zero attached hydrogens (tertiary/aromatic N) is 3. The van der Waals surface area contributed by atoms with Crippen molar-refractivity contribution in [1.82, 2.24) is 9.78 Å². The number of hydrogen-bond acceptors (Lipinski definition) is 4. The first-order chi connectivity index (χ1) is 7.76. The van der Waals surface area contributed by atoms with Crippen molar-refractivity contribution in [3.05, 3.63) is 21.0 Å². The Bertz CT molecular complexity index is 451. The average molecular weight is 304 g/mol. The molecular formula is C11H18BrN3O2. The van der Waals surface area contributed by atoms with E-state index in [9.17, 15) is 9.90 Å². The number of aryl methyl sites for hydroxylation is 1. The van der Waals surface area contributed by atoms with E-state index in [0.29, 0.717) is 23.2 Å². The van der Waals surface area contributed by atoms with Crippen molar-refractivity contribution in [2.45, 2.75) is 26.4 Å². The van der Waals surface area contributed by atoms with Gasteiger partial charge in [0.05, 0.1) is 17.5 Å². The predicted octanol–water partition coefficient (Wildman–Crippen LogP) is 1.14. The van der Waals surface area contributed by atoms with E-state index in [1.807, 2.05) is 11.8 Å². The summed E-state index contributed by atoms with van der Waals surface area (Å²) in [4.78, 5) is 13.7. The quantitative estimate of drug-likeness (QED) is 0.906. The second-order valence-corrected chi connectivity index (χ2v) is 5.39. The van der Waals surface area contributed by atoms with Gasteiger partial charge in [-0.3, -0.25) is 4.79 Å². The van der Waals surface area contributed by atoms with E-state index in [1.54, 1.807) is 27.1 Å². The van der Waals surface area contributed by atoms with E-state index >= 15 is 0 Å². The molecule has 17 heavy (non-hydrogen) atoms. The Balaban J connectivity index is 3.14. The molecular weight excluding hydrogens is 286 g/mol. The topological polar surface area (TPSA) is 58.4 Å². The molecule has 0 aliphatic carbocycles. The molecule has 96 valence electrons. The molecule has 0 radical (unpaired) electrons. The standard InChI is InChI=1S/C11H18BrN3O2/c1-5-15(7-11(2,3)17)8-6-13-14(4)10(16)9(8)12/h6,17H,5,7H2,1-4H3. The van der Waals surface area contributed by atoms with Gasteiger partial charge in [0.1, 0.15) is 4.47 Å². The van der Waals surface area contributed by atoms with Crippen molar-refractivity contribution in [3.8, 4) is 0 Å². The average Bonchev–Trinajstić information content (AvgIpc) is 2.22. The molecule has 6 heteroatoms. The Kier molecular flexibility index (Phi) is 4.32. The lowest BCUT2D eigenvalue weighted by Crippen LogP contribution is -2.39. The van der Waals surface area contributed by atoms with Crippen LogP contribution in [0.3, 0.4) is 0 Å². The van der Waals surface area contributed by atoms with E-state index < -0.39 is 5.60 Å². The highest BCUT2D eigenvalue weighted by molar-refractivity contribution is 9.10. The van der Waals surface area contributed by atoms with Gasteiger partial charge in [0, 0.05) is 20.1 Å². The fourth-order valence-electron chi connectivity index (χ4n) is 1.56. The monoisotopic (exact) mass is 303 g/mol. The van der Waals surface area contributed by atoms with Crippen LogP contribution in [0.2, 0.25) is 0 Å². The summed E-state index contributed by atoms with van der Waals surface area (Å²) in [7, 11) is 1.60. The number of hydrogen-bond donors (Lipinski definition) is 1. The molecule has 1 aromatic heterocycles. The Morgan fingerprint density at radius 3 is 2.65 bits per heavy atom. The first-order valence-electron chi connectivity index (χ1n) is 5.45. The number of aliphatic hydroxyl groups is 1. The SMILES string of the molecule is CCN(CC(C)(C)O)c1cnn(C)c(=O)c1Br. The van der Waals surface area contributed by atoms with Gasteiger partial charge in [0.25, 0.3) is 5.56 Å². The zero-order chi connectivity index (χ0) is 13.2. The zero-order valence-electron chi connectivity index (χ0n) is 10.6. The second kappa shape index (κ2) is 5.18. The van der Waals surface area contributed by atoms with E-state index in [0.717, 1.165) is 0 Å². The highest BCUT2D eigenvalue weighted by atomic mass is 79.9. The van der Waals surface area contributed by atoms with Gasteiger partial charge >= 0.3 is 0 Å². The van der Waals surface area contributed by atoms with Crippen LogP contribution in [0.5, 0.6) is 0 Å². The molecule has 0 aromatic carbocycles. The molecule has 1 heterocycles. The summed E-state index contributed by atoms with van der Waals surface area (Å²) in [5, 5.41) is 13.8. The number of halogens is 1. The molecule has 0 aliphatic heterocycles. The Morgan fingerprint density at radius 1 is 1.59 bits per heavy atom. The molecule has 0 amide bonds. The Hall–Kier alpha value is -0.880. The summed E-state index contributed by atoms with van der Waals surface area (Å²) in [6, 6.07) is 0. The van der Waals surface area contributed by atoms with E-state index in [4.69, 9.17) is 0 Å². The van der Waals surface area contributed by atoms with Crippen molar-refractivity contribution >= 4 is 21.6 Å². The molecule has 1 N–H and O–H groups in total. The maximum atomic E-state index is 11.7. The van der Waals surface area contributed by atoms with Gasteiger partial charge in [-0.25, -0.2) is 4.68 Å². The molecule has 0 spiro atoms. The summed E-state index contributed by atoms with van der Waals surface area (Å²) in [5.41, 5.74) is -0.300. The zero-order valence-corrected chi connectivity index (χ0v) is 12.2. The smallest absolute Gasteiger partial charge is 0.282 e. The minimum atomic E-state index is -0.823. The number of anilines is 1. The minimum Gasteiger partial charge on any atom is -0.389 e. The summed E-state index contributed by atoms with van der Waals surface area (Å²) >= 11 is 3.28. The highest BCUT2D eigenvalue weighted by Gasteiger charge is 2.20. The third-order valence-corrected chi connectivity index (χ3v) is 3.11. The lowest BCUT2D eigenvalue weighted by Gasteiger charge is -2.30. The fraction of sp³-hybridized carbons (Fsp3) is 0.636. The van der Waals surface area contributed by atoms with Crippen LogP contribution >= 0.6 is 15.9 Å². The van der Waals surface area contributed by atoms with Gasteiger partial charge in [-0.05, 0) is 36.7 Å². The van der Waals surface area contributed by atoms with Crippen LogP contribution in [-0.2, 0) is 7.05 Å². The van der Waals surface area contributed by atoms with E-state index in [1.165, 1.54) is 4.68 Å². The van der Waals surface area contributed by atoms with Crippen molar-refractivity contribution in [2.75, 3.05) is 18.0 Å². The summed E-state index contributed by atoms with van der Waals surface area (Å²) < 4.78 is 1.74. The van der Waals surface area contributed by atoms with Crippen LogP contribution in [0, 0.1) is 0 Å². The maximum absolute atomic E-state index is 11.7. The second-order valence-electron chi connectivity index (χ2n) is 4.60. The van der Waals surface area contributed by atoms with Crippen LogP contribution in [0.15, 0.2) is 15.5 Å². The number of likely N-dealkylation sites (N-methyl/N-ethyl adjacent to an activating group) is 1. The molecule has 0 bridgehead atoms. The Labute approximate surface area is 109 Å². The molecule has 0 aliphatic rings. The van der Waals surface area contributed by atoms with Gasteiger partial charge in [-0.1, -0.05) is 0 Å². The molecule has 0 fully saturated rings. The van der Waals surface area contributed by atoms with Gasteiger partial charge in [0.15, 0.2) is 0 Å². The number of aromatic nitrogens is 2. The van der Waals surface area contributed by atoms with Crippen LogP contribution in [0.4, 0.5) is 5.69 Å². The molecule has 0 unspecified atom stereocenters. The van der Waals surface area contributed by atoms with Crippen molar-refractivity contribution in [2.24, 2.45) is 7.05 Å². The highest BCUT2D eigenvalue weighted by Crippen LogP contribution is 2.22. The lowest BCUT2D eigenvalue weighted by atomic mass is 10.1. The van der Waals surface area contributed by atoms with Gasteiger partial charge in [-0.15, -0.1) is 0 Å². The molecule has 1 rings (SSSR count). The maximum Gasteiger partial charge on any atom is 0.282 e.